The van der Waals surface area contributed by atoms with E-state index in [0.717, 1.165) is 38.5 Å². The fourth-order valence-corrected chi connectivity index (χ4v) is 8.15. The Labute approximate surface area is 375 Å². The third-order valence-electron chi connectivity index (χ3n) is 12.3. The van der Waals surface area contributed by atoms with Crippen molar-refractivity contribution in [2.45, 2.75) is 296 Å². The normalized spacial score (nSPS) is 13.2. The van der Waals surface area contributed by atoms with E-state index in [-0.39, 0.29) is 12.5 Å². The van der Waals surface area contributed by atoms with Crippen molar-refractivity contribution in [2.24, 2.45) is 0 Å². The third kappa shape index (κ3) is 47.4. The average Bonchev–Trinajstić information content (AvgIpc) is 3.25. The highest BCUT2D eigenvalue weighted by atomic mass is 16.3. The maximum absolute atomic E-state index is 12.4. The maximum Gasteiger partial charge on any atom is 0.220 e. The van der Waals surface area contributed by atoms with Gasteiger partial charge in [0.05, 0.1) is 18.8 Å². The Kier molecular flexibility index (Phi) is 50.3. The smallest absolute Gasteiger partial charge is 0.220 e. The van der Waals surface area contributed by atoms with Crippen LogP contribution in [-0.2, 0) is 4.79 Å². The van der Waals surface area contributed by atoms with Crippen molar-refractivity contribution in [2.75, 3.05) is 6.61 Å². The van der Waals surface area contributed by atoms with Crippen molar-refractivity contribution in [3.8, 4) is 0 Å². The monoisotopic (exact) mass is 840 g/mol. The van der Waals surface area contributed by atoms with Crippen LogP contribution in [-0.4, -0.2) is 34.9 Å². The third-order valence-corrected chi connectivity index (χ3v) is 12.3. The molecule has 0 spiro atoms. The molecule has 2 atom stereocenters. The zero-order valence-electron chi connectivity index (χ0n) is 40.5. The number of carbonyl (C=O) groups excluding carboxylic acids is 1. The largest absolute Gasteiger partial charge is 0.394 e. The van der Waals surface area contributed by atoms with E-state index in [1.807, 2.05) is 6.08 Å². The van der Waals surface area contributed by atoms with E-state index in [2.05, 4.69) is 55.6 Å². The standard InChI is InChI=1S/C56H105NO3/c1-3-5-7-9-11-13-15-17-19-21-22-23-24-25-26-27-28-29-30-31-32-33-34-36-38-40-42-44-46-48-50-52-56(60)57-54(53-58)55(59)51-49-47-45-43-41-39-37-35-20-18-16-14-12-10-8-6-4-2/h20-22,35,41,43,49,51,54-55,58-59H,3-19,23-34,36-40,42,44-48,50,52-53H2,1-2H3,(H,57,60)/b22-21-,35-20+,43-41+,51-49+. The van der Waals surface area contributed by atoms with Gasteiger partial charge in [0.25, 0.3) is 0 Å². The lowest BCUT2D eigenvalue weighted by Crippen LogP contribution is -2.45. The van der Waals surface area contributed by atoms with Crippen LogP contribution in [0.3, 0.4) is 0 Å². The van der Waals surface area contributed by atoms with Gasteiger partial charge in [0.1, 0.15) is 0 Å². The average molecular weight is 840 g/mol. The maximum atomic E-state index is 12.4. The van der Waals surface area contributed by atoms with E-state index < -0.39 is 12.1 Å². The predicted octanol–water partition coefficient (Wildman–Crippen LogP) is 17.5. The first-order valence-electron chi connectivity index (χ1n) is 26.9. The number of aliphatic hydroxyl groups is 2. The minimum Gasteiger partial charge on any atom is -0.394 e. The van der Waals surface area contributed by atoms with Crippen molar-refractivity contribution < 1.29 is 15.0 Å². The molecule has 0 saturated carbocycles. The van der Waals surface area contributed by atoms with Crippen LogP contribution in [0.2, 0.25) is 0 Å². The fraction of sp³-hybridized carbons (Fsp3) is 0.839. The molecule has 0 bridgehead atoms. The van der Waals surface area contributed by atoms with Crippen molar-refractivity contribution in [1.29, 1.82) is 0 Å². The SMILES string of the molecule is CCCCCCCCC/C=C/CC/C=C/CC/C=C/C(O)C(CO)NC(=O)CCCCCCCCCCCCCCCCCCCCC/C=C\CCCCCCCCCC. The summed E-state index contributed by atoms with van der Waals surface area (Å²) >= 11 is 0. The van der Waals surface area contributed by atoms with Gasteiger partial charge in [-0.05, 0) is 70.6 Å². The molecule has 4 heteroatoms. The van der Waals surface area contributed by atoms with E-state index in [4.69, 9.17) is 0 Å². The molecule has 0 rings (SSSR count). The number of nitrogens with one attached hydrogen (secondary N) is 1. The van der Waals surface area contributed by atoms with Gasteiger partial charge in [-0.2, -0.15) is 0 Å². The molecule has 0 aromatic heterocycles. The van der Waals surface area contributed by atoms with Gasteiger partial charge >= 0.3 is 0 Å². The van der Waals surface area contributed by atoms with Gasteiger partial charge in [-0.15, -0.1) is 0 Å². The highest BCUT2D eigenvalue weighted by Crippen LogP contribution is 2.16. The van der Waals surface area contributed by atoms with E-state index in [1.165, 1.54) is 225 Å². The molecule has 0 saturated heterocycles. The highest BCUT2D eigenvalue weighted by Gasteiger charge is 2.17. The number of amides is 1. The molecule has 0 aromatic rings. The minimum absolute atomic E-state index is 0.0747. The molecule has 2 unspecified atom stereocenters. The second-order valence-corrected chi connectivity index (χ2v) is 18.3. The van der Waals surface area contributed by atoms with Crippen LogP contribution < -0.4 is 5.32 Å². The molecule has 60 heavy (non-hydrogen) atoms. The summed E-state index contributed by atoms with van der Waals surface area (Å²) < 4.78 is 0. The summed E-state index contributed by atoms with van der Waals surface area (Å²) in [6.07, 6.45) is 71.2. The van der Waals surface area contributed by atoms with E-state index in [9.17, 15) is 15.0 Å². The summed E-state index contributed by atoms with van der Waals surface area (Å²) in [4.78, 5) is 12.4. The molecule has 4 nitrogen and oxygen atoms in total. The molecule has 0 fully saturated rings. The Morgan fingerprint density at radius 3 is 0.967 bits per heavy atom. The number of hydrogen-bond donors (Lipinski definition) is 3. The van der Waals surface area contributed by atoms with Gasteiger partial charge in [0, 0.05) is 6.42 Å². The van der Waals surface area contributed by atoms with Gasteiger partial charge < -0.3 is 15.5 Å². The summed E-state index contributed by atoms with van der Waals surface area (Å²) in [7, 11) is 0. The van der Waals surface area contributed by atoms with Gasteiger partial charge in [-0.25, -0.2) is 0 Å². The Balaban J connectivity index is 3.49. The summed E-state index contributed by atoms with van der Waals surface area (Å²) in [6, 6.07) is -0.645. The lowest BCUT2D eigenvalue weighted by atomic mass is 10.0. The van der Waals surface area contributed by atoms with Gasteiger partial charge in [0.2, 0.25) is 5.91 Å². The number of rotatable bonds is 49. The van der Waals surface area contributed by atoms with Crippen molar-refractivity contribution in [1.82, 2.24) is 5.32 Å². The first-order valence-corrected chi connectivity index (χ1v) is 26.9. The quantitative estimate of drug-likeness (QED) is 0.0422. The van der Waals surface area contributed by atoms with Crippen LogP contribution >= 0.6 is 0 Å². The van der Waals surface area contributed by atoms with E-state index >= 15 is 0 Å². The first kappa shape index (κ1) is 58.4. The molecule has 0 aliphatic heterocycles. The van der Waals surface area contributed by atoms with Crippen LogP contribution in [0.15, 0.2) is 48.6 Å². The number of aliphatic hydroxyl groups excluding tert-OH is 2. The van der Waals surface area contributed by atoms with Crippen LogP contribution in [0, 0.1) is 0 Å². The van der Waals surface area contributed by atoms with Crippen molar-refractivity contribution >= 4 is 5.91 Å². The number of unbranched alkanes of at least 4 members (excludes halogenated alkanes) is 36. The molecule has 0 aliphatic rings. The van der Waals surface area contributed by atoms with Crippen LogP contribution in [0.25, 0.3) is 0 Å². The Morgan fingerprint density at radius 1 is 0.383 bits per heavy atom. The highest BCUT2D eigenvalue weighted by molar-refractivity contribution is 5.76. The van der Waals surface area contributed by atoms with Crippen LogP contribution in [0.1, 0.15) is 284 Å². The molecular formula is C56H105NO3. The molecule has 0 aromatic carbocycles. The Bertz CT molecular complexity index is 954. The van der Waals surface area contributed by atoms with Crippen LogP contribution in [0.5, 0.6) is 0 Å². The molecule has 1 amide bonds. The Morgan fingerprint density at radius 2 is 0.650 bits per heavy atom. The molecular weight excluding hydrogens is 735 g/mol. The lowest BCUT2D eigenvalue weighted by molar-refractivity contribution is -0.123. The van der Waals surface area contributed by atoms with Gasteiger partial charge in [0.15, 0.2) is 0 Å². The zero-order chi connectivity index (χ0) is 43.5. The summed E-state index contributed by atoms with van der Waals surface area (Å²) in [5.41, 5.74) is 0. The number of hydrogen-bond acceptors (Lipinski definition) is 3. The van der Waals surface area contributed by atoms with E-state index in [0.29, 0.717) is 6.42 Å². The summed E-state index contributed by atoms with van der Waals surface area (Å²) in [6.45, 7) is 4.30. The van der Waals surface area contributed by atoms with Crippen molar-refractivity contribution in [3.05, 3.63) is 48.6 Å². The fourth-order valence-electron chi connectivity index (χ4n) is 8.15. The Hall–Kier alpha value is -1.65. The zero-order valence-corrected chi connectivity index (χ0v) is 40.5. The molecule has 0 radical (unpaired) electrons. The minimum atomic E-state index is -0.869. The lowest BCUT2D eigenvalue weighted by Gasteiger charge is -2.19. The first-order chi connectivity index (χ1) is 29.7. The summed E-state index contributed by atoms with van der Waals surface area (Å²) in [5.74, 6) is -0.0747. The second-order valence-electron chi connectivity index (χ2n) is 18.3. The van der Waals surface area contributed by atoms with Gasteiger partial charge in [-0.1, -0.05) is 255 Å². The predicted molar refractivity (Wildman–Crippen MR) is 267 cm³/mol. The van der Waals surface area contributed by atoms with Crippen LogP contribution in [0.4, 0.5) is 0 Å². The molecule has 352 valence electrons. The summed E-state index contributed by atoms with van der Waals surface area (Å²) in [5, 5.41) is 23.1. The van der Waals surface area contributed by atoms with Gasteiger partial charge in [-0.3, -0.25) is 4.79 Å². The number of carbonyl (C=O) groups is 1. The van der Waals surface area contributed by atoms with Crippen molar-refractivity contribution in [3.63, 3.8) is 0 Å². The molecule has 0 aliphatic carbocycles. The topological polar surface area (TPSA) is 69.6 Å². The van der Waals surface area contributed by atoms with E-state index in [1.54, 1.807) is 6.08 Å². The molecule has 3 N–H and O–H groups in total. The second kappa shape index (κ2) is 51.7. The number of allylic oxidation sites excluding steroid dienone is 7. The molecule has 0 heterocycles.